The summed E-state index contributed by atoms with van der Waals surface area (Å²) >= 11 is 0. The van der Waals surface area contributed by atoms with Crippen molar-refractivity contribution in [2.24, 2.45) is 0 Å². The SMILES string of the molecule is Cc1ccc(-c2cc(-c3ccc(C(=O)O)cc3)cc(-c3ccc(C(=O)OO)cc3)c2)cc1. The van der Waals surface area contributed by atoms with E-state index in [2.05, 4.69) is 41.3 Å². The normalized spacial score (nSPS) is 10.6. The number of carbonyl (C=O) groups is 2. The first-order chi connectivity index (χ1) is 15.4. The molecule has 0 atom stereocenters. The van der Waals surface area contributed by atoms with E-state index in [1.807, 2.05) is 13.0 Å². The lowest BCUT2D eigenvalue weighted by molar-refractivity contribution is -0.182. The van der Waals surface area contributed by atoms with Crippen LogP contribution < -0.4 is 0 Å². The van der Waals surface area contributed by atoms with Gasteiger partial charge in [0.15, 0.2) is 0 Å². The van der Waals surface area contributed by atoms with Crippen molar-refractivity contribution in [1.82, 2.24) is 0 Å². The molecule has 0 saturated heterocycles. The number of aromatic carboxylic acids is 1. The molecule has 4 aromatic carbocycles. The van der Waals surface area contributed by atoms with Gasteiger partial charge in [0.25, 0.3) is 0 Å². The smallest absolute Gasteiger partial charge is 0.372 e. The summed E-state index contributed by atoms with van der Waals surface area (Å²) < 4.78 is 0. The maximum absolute atomic E-state index is 11.5. The minimum Gasteiger partial charge on any atom is -0.478 e. The molecule has 5 heteroatoms. The van der Waals surface area contributed by atoms with Crippen molar-refractivity contribution in [1.29, 1.82) is 0 Å². The number of carboxylic acid groups (broad SMARTS) is 1. The first-order valence-corrected chi connectivity index (χ1v) is 9.96. The quantitative estimate of drug-likeness (QED) is 0.289. The van der Waals surface area contributed by atoms with Gasteiger partial charge in [0, 0.05) is 0 Å². The van der Waals surface area contributed by atoms with Gasteiger partial charge in [0.05, 0.1) is 11.1 Å². The van der Waals surface area contributed by atoms with E-state index in [9.17, 15) is 14.7 Å². The Bertz CT molecular complexity index is 1270. The standard InChI is InChI=1S/C27H20O5/c1-17-2-4-18(5-3-17)23-14-24(19-6-10-21(11-7-19)26(28)29)16-25(15-23)20-8-12-22(13-9-20)27(30)32-31/h2-16,31H,1H3,(H,28,29). The van der Waals surface area contributed by atoms with Gasteiger partial charge in [-0.2, -0.15) is 5.26 Å². The highest BCUT2D eigenvalue weighted by Gasteiger charge is 2.11. The first-order valence-electron chi connectivity index (χ1n) is 9.96. The second kappa shape index (κ2) is 8.88. The highest BCUT2D eigenvalue weighted by Crippen LogP contribution is 2.33. The Morgan fingerprint density at radius 3 is 1.34 bits per heavy atom. The zero-order chi connectivity index (χ0) is 22.7. The van der Waals surface area contributed by atoms with Crippen molar-refractivity contribution in [2.75, 3.05) is 0 Å². The Morgan fingerprint density at radius 1 is 0.594 bits per heavy atom. The summed E-state index contributed by atoms with van der Waals surface area (Å²) in [5.74, 6) is -1.78. The molecule has 0 aliphatic heterocycles. The predicted octanol–water partition coefficient (Wildman–Crippen LogP) is 6.32. The molecule has 0 aliphatic rings. The number of hydrogen-bond acceptors (Lipinski definition) is 4. The molecule has 5 nitrogen and oxygen atoms in total. The lowest BCUT2D eigenvalue weighted by Gasteiger charge is -2.12. The lowest BCUT2D eigenvalue weighted by atomic mass is 9.92. The lowest BCUT2D eigenvalue weighted by Crippen LogP contribution is -2.00. The highest BCUT2D eigenvalue weighted by atomic mass is 17.1. The number of hydrogen-bond donors (Lipinski definition) is 2. The fraction of sp³-hybridized carbons (Fsp3) is 0.0370. The zero-order valence-electron chi connectivity index (χ0n) is 17.3. The Hall–Kier alpha value is -4.22. The van der Waals surface area contributed by atoms with Crippen molar-refractivity contribution in [3.05, 3.63) is 108 Å². The van der Waals surface area contributed by atoms with Crippen LogP contribution >= 0.6 is 0 Å². The van der Waals surface area contributed by atoms with E-state index in [-0.39, 0.29) is 11.1 Å². The molecular weight excluding hydrogens is 404 g/mol. The predicted molar refractivity (Wildman–Crippen MR) is 122 cm³/mol. The van der Waals surface area contributed by atoms with E-state index in [1.165, 1.54) is 5.56 Å². The molecule has 0 aromatic heterocycles. The van der Waals surface area contributed by atoms with Gasteiger partial charge >= 0.3 is 11.9 Å². The van der Waals surface area contributed by atoms with Crippen molar-refractivity contribution in [3.8, 4) is 33.4 Å². The van der Waals surface area contributed by atoms with Gasteiger partial charge in [-0.3, -0.25) is 4.89 Å². The number of rotatable bonds is 5. The zero-order valence-corrected chi connectivity index (χ0v) is 17.3. The molecule has 0 fully saturated rings. The third-order valence-corrected chi connectivity index (χ3v) is 5.32. The highest BCUT2D eigenvalue weighted by molar-refractivity contribution is 5.90. The minimum absolute atomic E-state index is 0.232. The van der Waals surface area contributed by atoms with E-state index in [0.29, 0.717) is 0 Å². The van der Waals surface area contributed by atoms with Gasteiger partial charge in [0.2, 0.25) is 0 Å². The Labute approximate surface area is 185 Å². The molecule has 0 heterocycles. The first kappa shape index (κ1) is 21.0. The maximum atomic E-state index is 11.5. The molecule has 0 radical (unpaired) electrons. The number of carbonyl (C=O) groups excluding carboxylic acids is 1. The summed E-state index contributed by atoms with van der Waals surface area (Å²) in [4.78, 5) is 26.5. The molecule has 0 spiro atoms. The van der Waals surface area contributed by atoms with Crippen LogP contribution in [0, 0.1) is 6.92 Å². The summed E-state index contributed by atoms with van der Waals surface area (Å²) in [6.07, 6.45) is 0. The van der Waals surface area contributed by atoms with E-state index < -0.39 is 11.9 Å². The van der Waals surface area contributed by atoms with Crippen LogP contribution in [0.2, 0.25) is 0 Å². The Balaban J connectivity index is 1.82. The summed E-state index contributed by atoms with van der Waals surface area (Å²) in [6, 6.07) is 27.9. The van der Waals surface area contributed by atoms with Crippen LogP contribution in [0.25, 0.3) is 33.4 Å². The molecule has 32 heavy (non-hydrogen) atoms. The molecule has 0 unspecified atom stereocenters. The summed E-state index contributed by atoms with van der Waals surface area (Å²) in [7, 11) is 0. The number of benzene rings is 4. The molecule has 4 rings (SSSR count). The van der Waals surface area contributed by atoms with Crippen LogP contribution in [0.3, 0.4) is 0 Å². The van der Waals surface area contributed by atoms with Crippen molar-refractivity contribution < 1.29 is 24.8 Å². The summed E-state index contributed by atoms with van der Waals surface area (Å²) in [5, 5.41) is 17.8. The molecule has 2 N–H and O–H groups in total. The largest absolute Gasteiger partial charge is 0.478 e. The van der Waals surface area contributed by atoms with Crippen LogP contribution in [0.4, 0.5) is 0 Å². The van der Waals surface area contributed by atoms with E-state index >= 15 is 0 Å². The Morgan fingerprint density at radius 2 is 0.969 bits per heavy atom. The topological polar surface area (TPSA) is 83.8 Å². The molecule has 4 aromatic rings. The van der Waals surface area contributed by atoms with Gasteiger partial charge < -0.3 is 5.11 Å². The van der Waals surface area contributed by atoms with Gasteiger partial charge in [-0.1, -0.05) is 54.1 Å². The second-order valence-electron chi connectivity index (χ2n) is 7.50. The van der Waals surface area contributed by atoms with Gasteiger partial charge in [-0.15, -0.1) is 0 Å². The second-order valence-corrected chi connectivity index (χ2v) is 7.50. The maximum Gasteiger partial charge on any atom is 0.372 e. The molecule has 0 bridgehead atoms. The van der Waals surface area contributed by atoms with E-state index in [1.54, 1.807) is 48.5 Å². The fourth-order valence-electron chi connectivity index (χ4n) is 3.53. The fourth-order valence-corrected chi connectivity index (χ4v) is 3.53. The summed E-state index contributed by atoms with van der Waals surface area (Å²) in [5.41, 5.74) is 7.37. The third kappa shape index (κ3) is 4.43. The molecule has 0 aliphatic carbocycles. The van der Waals surface area contributed by atoms with Crippen LogP contribution in [0.1, 0.15) is 26.3 Å². The molecular formula is C27H20O5. The van der Waals surface area contributed by atoms with Gasteiger partial charge in [-0.05, 0) is 82.8 Å². The monoisotopic (exact) mass is 424 g/mol. The van der Waals surface area contributed by atoms with Crippen LogP contribution in [-0.4, -0.2) is 22.3 Å². The van der Waals surface area contributed by atoms with Crippen LogP contribution in [-0.2, 0) is 4.89 Å². The average Bonchev–Trinajstić information content (AvgIpc) is 2.84. The van der Waals surface area contributed by atoms with Crippen LogP contribution in [0.5, 0.6) is 0 Å². The van der Waals surface area contributed by atoms with E-state index in [4.69, 9.17) is 5.26 Å². The molecule has 0 saturated carbocycles. The number of carboxylic acids is 1. The Kier molecular flexibility index (Phi) is 5.83. The molecule has 158 valence electrons. The van der Waals surface area contributed by atoms with Gasteiger partial charge in [-0.25, -0.2) is 9.59 Å². The minimum atomic E-state index is -0.966. The van der Waals surface area contributed by atoms with Crippen molar-refractivity contribution in [2.45, 2.75) is 6.92 Å². The van der Waals surface area contributed by atoms with E-state index in [0.717, 1.165) is 33.4 Å². The molecule has 0 amide bonds. The van der Waals surface area contributed by atoms with Crippen molar-refractivity contribution in [3.63, 3.8) is 0 Å². The number of aryl methyl sites for hydroxylation is 1. The third-order valence-electron chi connectivity index (χ3n) is 5.32. The van der Waals surface area contributed by atoms with Gasteiger partial charge in [0.1, 0.15) is 0 Å². The summed E-state index contributed by atoms with van der Waals surface area (Å²) in [6.45, 7) is 2.04. The average molecular weight is 424 g/mol. The van der Waals surface area contributed by atoms with Crippen molar-refractivity contribution >= 4 is 11.9 Å². The van der Waals surface area contributed by atoms with Crippen LogP contribution in [0.15, 0.2) is 91.0 Å².